The Morgan fingerprint density at radius 2 is 1.90 bits per heavy atom. The van der Waals surface area contributed by atoms with Crippen LogP contribution in [0.15, 0.2) is 23.5 Å². The third-order valence-electron chi connectivity index (χ3n) is 7.53. The van der Waals surface area contributed by atoms with Gasteiger partial charge in [-0.3, -0.25) is 4.21 Å². The summed E-state index contributed by atoms with van der Waals surface area (Å²) < 4.78 is 12.6. The SMILES string of the molecule is Cc1cnc(C2C3CC2CN(c2ncc4c(n2)N(C2(CO)CCC2)C[S@@]4=O)C3)nc1. The predicted octanol–water partition coefficient (Wildman–Crippen LogP) is 1.62. The molecule has 30 heavy (non-hydrogen) atoms. The van der Waals surface area contributed by atoms with Gasteiger partial charge in [0.05, 0.1) is 29.1 Å². The highest BCUT2D eigenvalue weighted by Gasteiger charge is 2.50. The van der Waals surface area contributed by atoms with E-state index in [1.807, 2.05) is 19.3 Å². The maximum Gasteiger partial charge on any atom is 0.227 e. The molecule has 1 N–H and O–H groups in total. The maximum absolute atomic E-state index is 12.6. The number of aryl methyl sites for hydroxylation is 1. The van der Waals surface area contributed by atoms with Crippen LogP contribution in [0.4, 0.5) is 11.8 Å². The third kappa shape index (κ3) is 2.64. The molecule has 2 aliphatic carbocycles. The second kappa shape index (κ2) is 6.68. The lowest BCUT2D eigenvalue weighted by Gasteiger charge is -2.53. The number of aliphatic hydroxyl groups is 1. The Bertz CT molecular complexity index is 994. The van der Waals surface area contributed by atoms with Crippen LogP contribution in [0.2, 0.25) is 0 Å². The predicted molar refractivity (Wildman–Crippen MR) is 113 cm³/mol. The van der Waals surface area contributed by atoms with Gasteiger partial charge in [0.25, 0.3) is 0 Å². The second-order valence-corrected chi connectivity index (χ2v) is 10.7. The molecule has 0 amide bonds. The number of fused-ring (bicyclic) bond motifs is 3. The topological polar surface area (TPSA) is 95.3 Å². The Labute approximate surface area is 178 Å². The Balaban J connectivity index is 1.25. The molecule has 2 saturated carbocycles. The van der Waals surface area contributed by atoms with Crippen LogP contribution in [0, 0.1) is 18.8 Å². The summed E-state index contributed by atoms with van der Waals surface area (Å²) in [5.41, 5.74) is 0.787. The Morgan fingerprint density at radius 1 is 1.17 bits per heavy atom. The fourth-order valence-corrected chi connectivity index (χ4v) is 6.91. The number of hydrogen-bond donors (Lipinski definition) is 1. The summed E-state index contributed by atoms with van der Waals surface area (Å²) in [7, 11) is -1.13. The summed E-state index contributed by atoms with van der Waals surface area (Å²) in [6.45, 7) is 3.88. The zero-order valence-electron chi connectivity index (χ0n) is 17.1. The monoisotopic (exact) mass is 426 g/mol. The van der Waals surface area contributed by atoms with E-state index in [0.29, 0.717) is 34.5 Å². The minimum atomic E-state index is -1.13. The lowest BCUT2D eigenvalue weighted by Crippen LogP contribution is -2.57. The standard InChI is InChI=1S/C21H26N6O2S/c1-13-6-22-18(23-7-13)17-14-5-15(17)10-26(9-14)20-24-8-16-19(25-20)27(12-30(16)29)21(11-28)3-2-4-21/h6-8,14-15,17,28H,2-5,9-12H2,1H3/t14?,15?,17?,30-/m0/s1. The molecule has 0 spiro atoms. The number of aliphatic hydroxyl groups excluding tert-OH is 1. The average Bonchev–Trinajstić information content (AvgIpc) is 3.06. The molecule has 5 heterocycles. The van der Waals surface area contributed by atoms with E-state index < -0.39 is 10.8 Å². The highest BCUT2D eigenvalue weighted by molar-refractivity contribution is 7.85. The molecule has 8 nitrogen and oxygen atoms in total. The van der Waals surface area contributed by atoms with Crippen molar-refractivity contribution in [3.8, 4) is 0 Å². The van der Waals surface area contributed by atoms with Crippen LogP contribution in [-0.2, 0) is 10.8 Å². The van der Waals surface area contributed by atoms with Gasteiger partial charge >= 0.3 is 0 Å². The molecule has 2 unspecified atom stereocenters. The van der Waals surface area contributed by atoms with E-state index in [-0.39, 0.29) is 12.1 Å². The summed E-state index contributed by atoms with van der Waals surface area (Å²) in [5, 5.41) is 10.0. The minimum Gasteiger partial charge on any atom is -0.394 e. The van der Waals surface area contributed by atoms with Gasteiger partial charge in [0.1, 0.15) is 16.6 Å². The van der Waals surface area contributed by atoms with E-state index >= 15 is 0 Å². The van der Waals surface area contributed by atoms with Gasteiger partial charge in [0.15, 0.2) is 5.82 Å². The highest BCUT2D eigenvalue weighted by Crippen LogP contribution is 2.51. The third-order valence-corrected chi connectivity index (χ3v) is 8.81. The number of anilines is 2. The van der Waals surface area contributed by atoms with Crippen molar-refractivity contribution >= 4 is 22.6 Å². The largest absolute Gasteiger partial charge is 0.394 e. The Hall–Kier alpha value is -2.13. The summed E-state index contributed by atoms with van der Waals surface area (Å²) in [5.74, 6) is 4.30. The molecule has 2 saturated heterocycles. The molecule has 9 heteroatoms. The van der Waals surface area contributed by atoms with Gasteiger partial charge in [-0.1, -0.05) is 0 Å². The normalized spacial score (nSPS) is 31.1. The molecule has 3 aliphatic heterocycles. The van der Waals surface area contributed by atoms with E-state index in [0.717, 1.165) is 49.6 Å². The van der Waals surface area contributed by atoms with E-state index in [9.17, 15) is 9.32 Å². The number of piperidine rings is 2. The van der Waals surface area contributed by atoms with Crippen LogP contribution in [-0.4, -0.2) is 60.4 Å². The molecular formula is C21H26N6O2S. The van der Waals surface area contributed by atoms with Gasteiger partial charge in [-0.25, -0.2) is 15.0 Å². The van der Waals surface area contributed by atoms with Crippen LogP contribution in [0.3, 0.4) is 0 Å². The zero-order valence-corrected chi connectivity index (χ0v) is 17.9. The van der Waals surface area contributed by atoms with E-state index in [1.165, 1.54) is 6.42 Å². The van der Waals surface area contributed by atoms with E-state index in [4.69, 9.17) is 4.98 Å². The van der Waals surface area contributed by atoms with Crippen LogP contribution >= 0.6 is 0 Å². The highest BCUT2D eigenvalue weighted by atomic mass is 32.2. The summed E-state index contributed by atoms with van der Waals surface area (Å²) in [6.07, 6.45) is 9.69. The Morgan fingerprint density at radius 3 is 2.53 bits per heavy atom. The van der Waals surface area contributed by atoms with Crippen LogP contribution in [0.5, 0.6) is 0 Å². The molecule has 158 valence electrons. The van der Waals surface area contributed by atoms with Crippen molar-refractivity contribution in [3.63, 3.8) is 0 Å². The first kappa shape index (κ1) is 18.6. The molecule has 4 fully saturated rings. The van der Waals surface area contributed by atoms with E-state index in [1.54, 1.807) is 6.20 Å². The summed E-state index contributed by atoms with van der Waals surface area (Å²) >= 11 is 0. The van der Waals surface area contributed by atoms with E-state index in [2.05, 4.69) is 24.8 Å². The summed E-state index contributed by atoms with van der Waals surface area (Å²) in [4.78, 5) is 23.6. The first-order valence-corrected chi connectivity index (χ1v) is 12.1. The van der Waals surface area contributed by atoms with Gasteiger partial charge in [-0.15, -0.1) is 0 Å². The van der Waals surface area contributed by atoms with Gasteiger partial charge in [0, 0.05) is 31.4 Å². The number of aromatic nitrogens is 4. The van der Waals surface area contributed by atoms with Crippen molar-refractivity contribution in [2.75, 3.05) is 35.4 Å². The van der Waals surface area contributed by atoms with Crippen molar-refractivity contribution in [2.45, 2.75) is 49.0 Å². The van der Waals surface area contributed by atoms with Crippen molar-refractivity contribution in [3.05, 3.63) is 30.0 Å². The minimum absolute atomic E-state index is 0.0784. The lowest BCUT2D eigenvalue weighted by molar-refractivity contribution is 0.103. The van der Waals surface area contributed by atoms with Gasteiger partial charge in [0.2, 0.25) is 5.95 Å². The molecule has 7 rings (SSSR count). The molecule has 2 bridgehead atoms. The molecule has 0 aromatic carbocycles. The van der Waals surface area contributed by atoms with Crippen LogP contribution in [0.25, 0.3) is 0 Å². The smallest absolute Gasteiger partial charge is 0.227 e. The van der Waals surface area contributed by atoms with Crippen LogP contribution < -0.4 is 9.80 Å². The molecule has 0 radical (unpaired) electrons. The lowest BCUT2D eigenvalue weighted by atomic mass is 9.61. The molecule has 2 aromatic rings. The van der Waals surface area contributed by atoms with Crippen LogP contribution in [0.1, 0.15) is 43.0 Å². The van der Waals surface area contributed by atoms with Gasteiger partial charge in [-0.05, 0) is 50.0 Å². The van der Waals surface area contributed by atoms with Crippen molar-refractivity contribution in [1.29, 1.82) is 0 Å². The first-order valence-electron chi connectivity index (χ1n) is 10.8. The second-order valence-electron chi connectivity index (χ2n) is 9.30. The molecule has 2 aromatic heterocycles. The maximum atomic E-state index is 12.6. The van der Waals surface area contributed by atoms with Crippen molar-refractivity contribution in [1.82, 2.24) is 19.9 Å². The fourth-order valence-electron chi connectivity index (χ4n) is 5.61. The van der Waals surface area contributed by atoms with Gasteiger partial charge < -0.3 is 14.9 Å². The quantitative estimate of drug-likeness (QED) is 0.788. The number of nitrogens with zero attached hydrogens (tertiary/aromatic N) is 6. The molecule has 5 aliphatic rings. The summed E-state index contributed by atoms with van der Waals surface area (Å²) in [6, 6.07) is 0. The van der Waals surface area contributed by atoms with Crippen molar-refractivity contribution in [2.24, 2.45) is 11.8 Å². The average molecular weight is 427 g/mol. The molecular weight excluding hydrogens is 400 g/mol. The first-order chi connectivity index (χ1) is 14.6. The molecule has 3 atom stereocenters. The number of rotatable bonds is 4. The fraction of sp³-hybridized carbons (Fsp3) is 0.619. The van der Waals surface area contributed by atoms with Crippen molar-refractivity contribution < 1.29 is 9.32 Å². The zero-order chi connectivity index (χ0) is 20.5. The number of hydrogen-bond acceptors (Lipinski definition) is 8. The Kier molecular flexibility index (Phi) is 4.15. The van der Waals surface area contributed by atoms with Gasteiger partial charge in [-0.2, -0.15) is 4.98 Å².